The molecule has 8 heteroatoms. The molecule has 0 unspecified atom stereocenters. The lowest BCUT2D eigenvalue weighted by Gasteiger charge is -2.33. The average molecular weight is 487 g/mol. The molecule has 1 aromatic carbocycles. The molecule has 2 heterocycles. The third kappa shape index (κ3) is 8.09. The van der Waals surface area contributed by atoms with E-state index >= 15 is 0 Å². The van der Waals surface area contributed by atoms with Gasteiger partial charge in [-0.2, -0.15) is 0 Å². The van der Waals surface area contributed by atoms with Gasteiger partial charge in [-0.3, -0.25) is 14.4 Å². The minimum Gasteiger partial charge on any atom is -0.487 e. The second-order valence-electron chi connectivity index (χ2n) is 10.1. The van der Waals surface area contributed by atoms with Gasteiger partial charge in [-0.15, -0.1) is 0 Å². The standard InChI is InChI=1S/C27H42N4O4/c1-8-18(6)22(28-7)26(33)31-23-24(17(4)5)35-20-11-9-19(10-12-20)13-14-29-25(32)21(15-16(2)3)30-27(23)34/h9-14,16-18,21-24,28H,8,15H2,1-7H3,(H,29,32)(H,30,34)(H,31,33)/b14-13-/t18-,21-,22+,23-,24+/m0/s1. The van der Waals surface area contributed by atoms with Crippen LogP contribution in [0.5, 0.6) is 5.75 Å². The van der Waals surface area contributed by atoms with Crippen LogP contribution in [0, 0.1) is 17.8 Å². The fourth-order valence-electron chi connectivity index (χ4n) is 4.14. The maximum atomic E-state index is 13.7. The quantitative estimate of drug-likeness (QED) is 0.452. The molecule has 2 bridgehead atoms. The van der Waals surface area contributed by atoms with Gasteiger partial charge in [0.1, 0.15) is 23.9 Å². The number of fused-ring (bicyclic) bond motifs is 10. The molecule has 0 aromatic heterocycles. The number of nitrogens with one attached hydrogen (secondary N) is 4. The van der Waals surface area contributed by atoms with Crippen LogP contribution in [0.15, 0.2) is 30.5 Å². The van der Waals surface area contributed by atoms with Crippen molar-refractivity contribution in [3.63, 3.8) is 0 Å². The zero-order chi connectivity index (χ0) is 26.1. The van der Waals surface area contributed by atoms with Crippen LogP contribution in [-0.4, -0.2) is 49.0 Å². The first kappa shape index (κ1) is 28.4. The zero-order valence-electron chi connectivity index (χ0n) is 22.1. The number of carbonyl (C=O) groups is 3. The van der Waals surface area contributed by atoms with Gasteiger partial charge in [0, 0.05) is 6.20 Å². The lowest BCUT2D eigenvalue weighted by molar-refractivity contribution is -0.135. The summed E-state index contributed by atoms with van der Waals surface area (Å²) in [6.45, 7) is 11.9. The predicted molar refractivity (Wildman–Crippen MR) is 138 cm³/mol. The van der Waals surface area contributed by atoms with Crippen molar-refractivity contribution in [2.75, 3.05) is 7.05 Å². The lowest BCUT2D eigenvalue weighted by Crippen LogP contribution is -2.62. The van der Waals surface area contributed by atoms with Crippen molar-refractivity contribution in [2.45, 2.75) is 78.6 Å². The van der Waals surface area contributed by atoms with Crippen LogP contribution in [0.25, 0.3) is 6.08 Å². The van der Waals surface area contributed by atoms with Gasteiger partial charge in [0.2, 0.25) is 17.7 Å². The molecular weight excluding hydrogens is 444 g/mol. The summed E-state index contributed by atoms with van der Waals surface area (Å²) in [6, 6.07) is 5.17. The van der Waals surface area contributed by atoms with Gasteiger partial charge in [-0.25, -0.2) is 0 Å². The van der Waals surface area contributed by atoms with Gasteiger partial charge in [0.05, 0.1) is 6.04 Å². The number of hydrogen-bond acceptors (Lipinski definition) is 5. The molecule has 0 saturated heterocycles. The van der Waals surface area contributed by atoms with E-state index in [1.54, 1.807) is 19.3 Å². The van der Waals surface area contributed by atoms with Crippen molar-refractivity contribution in [1.82, 2.24) is 21.3 Å². The zero-order valence-corrected chi connectivity index (χ0v) is 22.1. The molecule has 3 rings (SSSR count). The fourth-order valence-corrected chi connectivity index (χ4v) is 4.14. The van der Waals surface area contributed by atoms with Crippen molar-refractivity contribution in [3.05, 3.63) is 36.0 Å². The smallest absolute Gasteiger partial charge is 0.247 e. The summed E-state index contributed by atoms with van der Waals surface area (Å²) in [4.78, 5) is 39.9. The van der Waals surface area contributed by atoms with Gasteiger partial charge in [-0.1, -0.05) is 60.1 Å². The molecule has 0 saturated carbocycles. The summed E-state index contributed by atoms with van der Waals surface area (Å²) in [5, 5.41) is 11.7. The highest BCUT2D eigenvalue weighted by Crippen LogP contribution is 2.21. The Labute approximate surface area is 209 Å². The molecule has 0 aliphatic carbocycles. The van der Waals surface area contributed by atoms with Crippen LogP contribution in [-0.2, 0) is 14.4 Å². The monoisotopic (exact) mass is 486 g/mol. The van der Waals surface area contributed by atoms with Crippen LogP contribution < -0.4 is 26.0 Å². The van der Waals surface area contributed by atoms with E-state index in [9.17, 15) is 14.4 Å². The van der Waals surface area contributed by atoms with Gasteiger partial charge in [-0.05, 0) is 55.0 Å². The molecule has 4 N–H and O–H groups in total. The third-order valence-corrected chi connectivity index (χ3v) is 6.37. The lowest BCUT2D eigenvalue weighted by atomic mass is 9.94. The van der Waals surface area contributed by atoms with Gasteiger partial charge >= 0.3 is 0 Å². The summed E-state index contributed by atoms with van der Waals surface area (Å²) in [7, 11) is 1.73. The van der Waals surface area contributed by atoms with Crippen LogP contribution in [0.1, 0.15) is 59.9 Å². The molecule has 0 radical (unpaired) electrons. The fraction of sp³-hybridized carbons (Fsp3) is 0.593. The summed E-state index contributed by atoms with van der Waals surface area (Å²) in [5.41, 5.74) is 0.899. The Balaban J connectivity index is 2.50. The molecule has 194 valence electrons. The topological polar surface area (TPSA) is 109 Å². The molecule has 8 nitrogen and oxygen atoms in total. The molecule has 0 fully saturated rings. The largest absolute Gasteiger partial charge is 0.487 e. The first-order valence-electron chi connectivity index (χ1n) is 12.6. The number of hydrogen-bond donors (Lipinski definition) is 4. The number of amides is 3. The van der Waals surface area contributed by atoms with E-state index in [2.05, 4.69) is 21.3 Å². The first-order valence-corrected chi connectivity index (χ1v) is 12.6. The summed E-state index contributed by atoms with van der Waals surface area (Å²) < 4.78 is 6.28. The Morgan fingerprint density at radius 3 is 2.26 bits per heavy atom. The minimum atomic E-state index is -0.997. The van der Waals surface area contributed by atoms with Crippen LogP contribution >= 0.6 is 0 Å². The predicted octanol–water partition coefficient (Wildman–Crippen LogP) is 2.84. The van der Waals surface area contributed by atoms with Crippen LogP contribution in [0.4, 0.5) is 0 Å². The number of rotatable bonds is 8. The van der Waals surface area contributed by atoms with Gasteiger partial charge < -0.3 is 26.0 Å². The van der Waals surface area contributed by atoms with E-state index in [0.717, 1.165) is 12.0 Å². The van der Waals surface area contributed by atoms with Crippen molar-refractivity contribution in [3.8, 4) is 5.75 Å². The Kier molecular flexibility index (Phi) is 10.8. The van der Waals surface area contributed by atoms with Crippen molar-refractivity contribution >= 4 is 23.8 Å². The second kappa shape index (κ2) is 13.3. The number of carbonyl (C=O) groups excluding carboxylic acids is 3. The van der Waals surface area contributed by atoms with E-state index in [1.807, 2.05) is 65.8 Å². The van der Waals surface area contributed by atoms with E-state index in [0.29, 0.717) is 12.2 Å². The summed E-state index contributed by atoms with van der Waals surface area (Å²) >= 11 is 0. The molecular formula is C27H42N4O4. The molecule has 2 aliphatic heterocycles. The SMILES string of the molecule is CC[C@H](C)[C@@H](NC)C(=O)N[C@@H]1C(=O)N[C@@H](CC(C)C)C(=O)N/C=C\c2ccc(cc2)O[C@@H]1C(C)C. The molecule has 3 amide bonds. The van der Waals surface area contributed by atoms with Crippen LogP contribution in [0.2, 0.25) is 0 Å². The van der Waals surface area contributed by atoms with Crippen molar-refractivity contribution in [1.29, 1.82) is 0 Å². The molecule has 0 spiro atoms. The summed E-state index contributed by atoms with van der Waals surface area (Å²) in [6.07, 6.45) is 3.97. The highest BCUT2D eigenvalue weighted by atomic mass is 16.5. The number of ether oxygens (including phenoxy) is 1. The molecule has 5 atom stereocenters. The van der Waals surface area contributed by atoms with Gasteiger partial charge in [0.15, 0.2) is 0 Å². The maximum Gasteiger partial charge on any atom is 0.247 e. The first-order chi connectivity index (χ1) is 16.6. The van der Waals surface area contributed by atoms with Crippen molar-refractivity contribution in [2.24, 2.45) is 17.8 Å². The Hall–Kier alpha value is -2.87. The van der Waals surface area contributed by atoms with Crippen LogP contribution in [0.3, 0.4) is 0 Å². The maximum absolute atomic E-state index is 13.7. The van der Waals surface area contributed by atoms with E-state index in [-0.39, 0.29) is 29.6 Å². The highest BCUT2D eigenvalue weighted by molar-refractivity contribution is 5.94. The third-order valence-electron chi connectivity index (χ3n) is 6.37. The number of benzene rings is 1. The Morgan fingerprint density at radius 2 is 1.71 bits per heavy atom. The molecule has 1 aromatic rings. The minimum absolute atomic E-state index is 0.0683. The average Bonchev–Trinajstić information content (AvgIpc) is 2.80. The van der Waals surface area contributed by atoms with E-state index < -0.39 is 30.1 Å². The van der Waals surface area contributed by atoms with Gasteiger partial charge in [0.25, 0.3) is 0 Å². The normalized spacial score (nSPS) is 23.6. The van der Waals surface area contributed by atoms with E-state index in [4.69, 9.17) is 4.74 Å². The number of likely N-dealkylation sites (N-methyl/N-ethyl adjacent to an activating group) is 1. The molecule has 35 heavy (non-hydrogen) atoms. The van der Waals surface area contributed by atoms with E-state index in [1.165, 1.54) is 0 Å². The van der Waals surface area contributed by atoms with Crippen molar-refractivity contribution < 1.29 is 19.1 Å². The second-order valence-corrected chi connectivity index (χ2v) is 10.1. The Bertz CT molecular complexity index is 882. The molecule has 2 aliphatic rings. The summed E-state index contributed by atoms with van der Waals surface area (Å²) in [5.74, 6) is -0.303. The Morgan fingerprint density at radius 1 is 1.06 bits per heavy atom. The highest BCUT2D eigenvalue weighted by Gasteiger charge is 2.38.